The number of carbonyl (C=O) groups is 2. The number of nitrogens with zero attached hydrogens (tertiary/aromatic N) is 1. The molecule has 0 spiro atoms. The summed E-state index contributed by atoms with van der Waals surface area (Å²) in [6.07, 6.45) is -5.76. The first-order valence-electron chi connectivity index (χ1n) is 9.05. The molecule has 10 heteroatoms. The van der Waals surface area contributed by atoms with E-state index in [0.717, 1.165) is 34.7 Å². The fourth-order valence-corrected chi connectivity index (χ4v) is 3.11. The van der Waals surface area contributed by atoms with Gasteiger partial charge in [0.15, 0.2) is 0 Å². The summed E-state index contributed by atoms with van der Waals surface area (Å²) in [6, 6.07) is 12.2. The summed E-state index contributed by atoms with van der Waals surface area (Å²) in [7, 11) is 0. The molecule has 2 amide bonds. The van der Waals surface area contributed by atoms with Crippen LogP contribution in [0.2, 0.25) is 0 Å². The zero-order valence-electron chi connectivity index (χ0n) is 15.6. The van der Waals surface area contributed by atoms with Gasteiger partial charge >= 0.3 is 6.36 Å². The Morgan fingerprint density at radius 1 is 1.10 bits per heavy atom. The highest BCUT2D eigenvalue weighted by Gasteiger charge is 2.41. The number of alkyl halides is 3. The van der Waals surface area contributed by atoms with Crippen LogP contribution in [0.15, 0.2) is 54.6 Å². The number of hydroxylamine groups is 1. The Morgan fingerprint density at radius 3 is 2.40 bits per heavy atom. The molecule has 30 heavy (non-hydrogen) atoms. The number of ether oxygens (including phenoxy) is 1. The zero-order chi connectivity index (χ0) is 21.7. The van der Waals surface area contributed by atoms with Gasteiger partial charge in [0.05, 0.1) is 12.7 Å². The topological polar surface area (TPSA) is 88.1 Å². The molecule has 1 aliphatic rings. The minimum absolute atomic E-state index is 0.0571. The summed E-state index contributed by atoms with van der Waals surface area (Å²) in [5.41, 5.74) is 3.11. The second-order valence-electron chi connectivity index (χ2n) is 6.61. The van der Waals surface area contributed by atoms with Crippen molar-refractivity contribution in [2.45, 2.75) is 31.5 Å². The lowest BCUT2D eigenvalue weighted by atomic mass is 10.1. The molecule has 3 rings (SSSR count). The maximum atomic E-state index is 12.7. The van der Waals surface area contributed by atoms with Crippen molar-refractivity contribution in [3.8, 4) is 5.75 Å². The first-order chi connectivity index (χ1) is 14.2. The number of hydrogen-bond acceptors (Lipinski definition) is 5. The van der Waals surface area contributed by atoms with Gasteiger partial charge in [0.1, 0.15) is 11.8 Å². The van der Waals surface area contributed by atoms with E-state index < -0.39 is 36.1 Å². The molecule has 1 saturated heterocycles. The number of nitrogens with one attached hydrogen (secondary N) is 1. The SMILES string of the molecule is O=C(NOCc1ccccc1)C1[C@H](O)CCN1C(=O)c1ccc(OC(F)(F)F)cc1. The number of rotatable bonds is 6. The lowest BCUT2D eigenvalue weighted by molar-refractivity contribution is -0.274. The van der Waals surface area contributed by atoms with Crippen molar-refractivity contribution < 1.29 is 37.4 Å². The number of aliphatic hydroxyl groups excluding tert-OH is 1. The average molecular weight is 424 g/mol. The van der Waals surface area contributed by atoms with Crippen molar-refractivity contribution >= 4 is 11.8 Å². The number of likely N-dealkylation sites (tertiary alicyclic amines) is 1. The van der Waals surface area contributed by atoms with E-state index in [9.17, 15) is 27.9 Å². The number of aliphatic hydroxyl groups is 1. The molecular formula is C20H19F3N2O5. The molecule has 1 aliphatic heterocycles. The largest absolute Gasteiger partial charge is 0.573 e. The molecule has 2 atom stereocenters. The van der Waals surface area contributed by atoms with Gasteiger partial charge in [-0.3, -0.25) is 14.4 Å². The fraction of sp³-hybridized carbons (Fsp3) is 0.300. The van der Waals surface area contributed by atoms with E-state index in [1.54, 1.807) is 12.1 Å². The van der Waals surface area contributed by atoms with E-state index in [2.05, 4.69) is 10.2 Å². The van der Waals surface area contributed by atoms with Crippen LogP contribution in [-0.2, 0) is 16.2 Å². The molecule has 160 valence electrons. The van der Waals surface area contributed by atoms with Gasteiger partial charge in [-0.2, -0.15) is 0 Å². The summed E-state index contributed by atoms with van der Waals surface area (Å²) in [5.74, 6) is -1.77. The molecule has 0 radical (unpaired) electrons. The molecule has 0 aliphatic carbocycles. The van der Waals surface area contributed by atoms with Gasteiger partial charge in [0, 0.05) is 12.1 Å². The Kier molecular flexibility index (Phi) is 6.58. The van der Waals surface area contributed by atoms with Gasteiger partial charge in [-0.15, -0.1) is 13.2 Å². The molecule has 2 aromatic carbocycles. The van der Waals surface area contributed by atoms with Crippen molar-refractivity contribution in [2.75, 3.05) is 6.54 Å². The van der Waals surface area contributed by atoms with Crippen LogP contribution in [-0.4, -0.2) is 46.9 Å². The lowest BCUT2D eigenvalue weighted by Gasteiger charge is -2.25. The van der Waals surface area contributed by atoms with Crippen LogP contribution < -0.4 is 10.2 Å². The second kappa shape index (κ2) is 9.14. The van der Waals surface area contributed by atoms with Crippen LogP contribution in [0, 0.1) is 0 Å². The zero-order valence-corrected chi connectivity index (χ0v) is 15.6. The summed E-state index contributed by atoms with van der Waals surface area (Å²) >= 11 is 0. The van der Waals surface area contributed by atoms with Gasteiger partial charge in [0.2, 0.25) is 0 Å². The first kappa shape index (κ1) is 21.6. The quantitative estimate of drug-likeness (QED) is 0.696. The summed E-state index contributed by atoms with van der Waals surface area (Å²) < 4.78 is 40.5. The lowest BCUT2D eigenvalue weighted by Crippen LogP contribution is -2.50. The van der Waals surface area contributed by atoms with Crippen LogP contribution in [0.1, 0.15) is 22.3 Å². The van der Waals surface area contributed by atoms with Crippen LogP contribution in [0.5, 0.6) is 5.75 Å². The molecule has 0 aromatic heterocycles. The van der Waals surface area contributed by atoms with E-state index in [-0.39, 0.29) is 25.1 Å². The van der Waals surface area contributed by atoms with Gasteiger partial charge in [-0.05, 0) is 36.2 Å². The average Bonchev–Trinajstić information content (AvgIpc) is 3.09. The Balaban J connectivity index is 1.62. The molecule has 7 nitrogen and oxygen atoms in total. The molecule has 1 fully saturated rings. The summed E-state index contributed by atoms with van der Waals surface area (Å²) in [5, 5.41) is 10.2. The Bertz CT molecular complexity index is 874. The van der Waals surface area contributed by atoms with Crippen LogP contribution >= 0.6 is 0 Å². The molecule has 1 unspecified atom stereocenters. The molecule has 2 N–H and O–H groups in total. The molecule has 1 heterocycles. The standard InChI is InChI=1S/C20H19F3N2O5/c21-20(22,23)30-15-8-6-14(7-9-15)19(28)25-11-10-16(26)17(25)18(27)24-29-12-13-4-2-1-3-5-13/h1-9,16-17,26H,10-12H2,(H,24,27)/t16-,17?/m1/s1. The third-order valence-electron chi connectivity index (χ3n) is 4.48. The summed E-state index contributed by atoms with van der Waals surface area (Å²) in [4.78, 5) is 31.5. The Labute approximate surface area is 170 Å². The Hall–Kier alpha value is -3.11. The van der Waals surface area contributed by atoms with E-state index in [1.807, 2.05) is 18.2 Å². The number of amides is 2. The maximum Gasteiger partial charge on any atom is 0.573 e. The van der Waals surface area contributed by atoms with E-state index in [4.69, 9.17) is 4.84 Å². The Morgan fingerprint density at radius 2 is 1.77 bits per heavy atom. The minimum Gasteiger partial charge on any atom is -0.406 e. The second-order valence-corrected chi connectivity index (χ2v) is 6.61. The highest BCUT2D eigenvalue weighted by molar-refractivity contribution is 5.98. The van der Waals surface area contributed by atoms with Crippen molar-refractivity contribution in [3.05, 3.63) is 65.7 Å². The first-order valence-corrected chi connectivity index (χ1v) is 9.05. The van der Waals surface area contributed by atoms with Gasteiger partial charge in [0.25, 0.3) is 11.8 Å². The maximum absolute atomic E-state index is 12.7. The molecule has 2 aromatic rings. The number of hydrogen-bond donors (Lipinski definition) is 2. The number of carbonyl (C=O) groups excluding carboxylic acids is 2. The molecule has 0 bridgehead atoms. The fourth-order valence-electron chi connectivity index (χ4n) is 3.11. The third kappa shape index (κ3) is 5.49. The number of benzene rings is 2. The van der Waals surface area contributed by atoms with E-state index >= 15 is 0 Å². The van der Waals surface area contributed by atoms with Crippen molar-refractivity contribution in [1.82, 2.24) is 10.4 Å². The van der Waals surface area contributed by atoms with Gasteiger partial charge in [-0.1, -0.05) is 30.3 Å². The third-order valence-corrected chi connectivity index (χ3v) is 4.48. The predicted octanol–water partition coefficient (Wildman–Crippen LogP) is 2.41. The van der Waals surface area contributed by atoms with Crippen molar-refractivity contribution in [2.24, 2.45) is 0 Å². The monoisotopic (exact) mass is 424 g/mol. The van der Waals surface area contributed by atoms with Crippen LogP contribution in [0.25, 0.3) is 0 Å². The van der Waals surface area contributed by atoms with Gasteiger partial charge < -0.3 is 14.7 Å². The summed E-state index contributed by atoms with van der Waals surface area (Å²) in [6.45, 7) is 0.210. The smallest absolute Gasteiger partial charge is 0.406 e. The van der Waals surface area contributed by atoms with E-state index in [1.165, 1.54) is 0 Å². The highest BCUT2D eigenvalue weighted by atomic mass is 19.4. The van der Waals surface area contributed by atoms with E-state index in [0.29, 0.717) is 0 Å². The minimum atomic E-state index is -4.84. The van der Waals surface area contributed by atoms with Crippen molar-refractivity contribution in [1.29, 1.82) is 0 Å². The van der Waals surface area contributed by atoms with Crippen molar-refractivity contribution in [3.63, 3.8) is 0 Å². The number of halogens is 3. The van der Waals surface area contributed by atoms with Crippen LogP contribution in [0.4, 0.5) is 13.2 Å². The highest BCUT2D eigenvalue weighted by Crippen LogP contribution is 2.25. The molecular weight excluding hydrogens is 405 g/mol. The van der Waals surface area contributed by atoms with Crippen LogP contribution in [0.3, 0.4) is 0 Å². The van der Waals surface area contributed by atoms with Gasteiger partial charge in [-0.25, -0.2) is 5.48 Å². The predicted molar refractivity (Wildman–Crippen MR) is 97.9 cm³/mol. The molecule has 0 saturated carbocycles. The normalized spacial score (nSPS) is 18.9.